The first-order chi connectivity index (χ1) is 15.2. The summed E-state index contributed by atoms with van der Waals surface area (Å²) in [5.74, 6) is 0.183. The Morgan fingerprint density at radius 3 is 2.45 bits per heavy atom. The molecule has 162 valence electrons. The Kier molecular flexibility index (Phi) is 6.79. The minimum absolute atomic E-state index is 0.0739. The minimum Gasteiger partial charge on any atom is -0.360 e. The predicted molar refractivity (Wildman–Crippen MR) is 123 cm³/mol. The molecule has 0 spiro atoms. The third-order valence-corrected chi connectivity index (χ3v) is 5.93. The molecule has 4 rings (SSSR count). The maximum absolute atomic E-state index is 13.8. The number of Topliss-reactive ketones (excluding diaryl/α,β-unsaturated/α-hetero) is 1. The number of nitrogens with one attached hydrogen (secondary N) is 2. The highest BCUT2D eigenvalue weighted by Crippen LogP contribution is 2.29. The van der Waals surface area contributed by atoms with Crippen LogP contribution in [0.25, 0.3) is 10.9 Å². The summed E-state index contributed by atoms with van der Waals surface area (Å²) in [7, 11) is 0. The van der Waals surface area contributed by atoms with Crippen molar-refractivity contribution in [3.63, 3.8) is 0 Å². The van der Waals surface area contributed by atoms with Crippen LogP contribution in [0.2, 0.25) is 0 Å². The number of fused-ring (bicyclic) bond motifs is 1. The molecule has 2 aromatic carbocycles. The Balaban J connectivity index is 1.52. The fourth-order valence-corrected chi connectivity index (χ4v) is 4.29. The number of para-hydroxylation sites is 1. The molecule has 1 aromatic heterocycles. The summed E-state index contributed by atoms with van der Waals surface area (Å²) in [6.45, 7) is 6.21. The van der Waals surface area contributed by atoms with E-state index in [4.69, 9.17) is 0 Å². The fourth-order valence-electron chi connectivity index (χ4n) is 4.29. The number of rotatable bonds is 8. The summed E-state index contributed by atoms with van der Waals surface area (Å²) in [6.07, 6.45) is 2.77. The van der Waals surface area contributed by atoms with Crippen LogP contribution in [-0.2, 0) is 4.79 Å². The van der Waals surface area contributed by atoms with Gasteiger partial charge in [-0.25, -0.2) is 0 Å². The van der Waals surface area contributed by atoms with Crippen LogP contribution in [0.4, 0.5) is 0 Å². The Hall–Kier alpha value is -2.96. The molecule has 0 aliphatic carbocycles. The van der Waals surface area contributed by atoms with E-state index in [1.807, 2.05) is 67.7 Å². The molecule has 0 radical (unpaired) electrons. The highest BCUT2D eigenvalue weighted by atomic mass is 16.2. The quantitative estimate of drug-likeness (QED) is 0.551. The maximum Gasteiger partial charge on any atom is 0.234 e. The number of piperazine rings is 1. The smallest absolute Gasteiger partial charge is 0.234 e. The van der Waals surface area contributed by atoms with E-state index in [-0.39, 0.29) is 17.7 Å². The molecule has 6 heteroatoms. The van der Waals surface area contributed by atoms with E-state index in [9.17, 15) is 9.59 Å². The third kappa shape index (κ3) is 4.86. The summed E-state index contributed by atoms with van der Waals surface area (Å²) in [5, 5.41) is 3.90. The van der Waals surface area contributed by atoms with Crippen molar-refractivity contribution in [1.29, 1.82) is 0 Å². The van der Waals surface area contributed by atoms with E-state index < -0.39 is 0 Å². The van der Waals surface area contributed by atoms with Crippen LogP contribution in [0.3, 0.4) is 0 Å². The molecule has 6 nitrogen and oxygen atoms in total. The Bertz CT molecular complexity index is 1020. The average Bonchev–Trinajstić information content (AvgIpc) is 3.24. The topological polar surface area (TPSA) is 68.4 Å². The van der Waals surface area contributed by atoms with Crippen LogP contribution < -0.4 is 5.32 Å². The molecule has 1 fully saturated rings. The second-order valence-corrected chi connectivity index (χ2v) is 8.09. The zero-order valence-corrected chi connectivity index (χ0v) is 18.0. The lowest BCUT2D eigenvalue weighted by molar-refractivity contribution is -0.122. The second-order valence-electron chi connectivity index (χ2n) is 8.09. The molecule has 1 aliphatic heterocycles. The Morgan fingerprint density at radius 1 is 1.00 bits per heavy atom. The largest absolute Gasteiger partial charge is 0.360 e. The normalized spacial score (nSPS) is 16.3. The highest BCUT2D eigenvalue weighted by Gasteiger charge is 2.32. The monoisotopic (exact) mass is 418 g/mol. The zero-order valence-electron chi connectivity index (χ0n) is 18.0. The van der Waals surface area contributed by atoms with Crippen molar-refractivity contribution in [2.45, 2.75) is 19.4 Å². The van der Waals surface area contributed by atoms with Gasteiger partial charge in [0, 0.05) is 55.4 Å². The first-order valence-electron chi connectivity index (χ1n) is 11.1. The SMILES string of the molecule is CCCNC(=O)CN1CCN([C@@H](C(=O)c2c[nH]c3ccccc23)c2ccccc2)CC1. The summed E-state index contributed by atoms with van der Waals surface area (Å²) < 4.78 is 0. The first-order valence-corrected chi connectivity index (χ1v) is 11.1. The fraction of sp³-hybridized carbons (Fsp3) is 0.360. The van der Waals surface area contributed by atoms with Gasteiger partial charge in [-0.3, -0.25) is 19.4 Å². The second kappa shape index (κ2) is 9.90. The number of carbonyl (C=O) groups is 2. The van der Waals surface area contributed by atoms with Gasteiger partial charge in [0.2, 0.25) is 5.91 Å². The maximum atomic E-state index is 13.8. The van der Waals surface area contributed by atoms with Crippen molar-refractivity contribution in [3.8, 4) is 0 Å². The number of H-pyrrole nitrogens is 1. The molecular formula is C25H30N4O2. The van der Waals surface area contributed by atoms with Gasteiger partial charge < -0.3 is 10.3 Å². The molecule has 0 unspecified atom stereocenters. The molecule has 31 heavy (non-hydrogen) atoms. The van der Waals surface area contributed by atoms with Gasteiger partial charge in [-0.2, -0.15) is 0 Å². The van der Waals surface area contributed by atoms with E-state index in [0.717, 1.165) is 54.6 Å². The molecule has 1 saturated heterocycles. The van der Waals surface area contributed by atoms with Crippen LogP contribution in [0.1, 0.15) is 35.3 Å². The summed E-state index contributed by atoms with van der Waals surface area (Å²) in [5.41, 5.74) is 2.71. The summed E-state index contributed by atoms with van der Waals surface area (Å²) in [6, 6.07) is 17.6. The highest BCUT2D eigenvalue weighted by molar-refractivity contribution is 6.10. The number of aromatic amines is 1. The number of ketones is 1. The molecule has 1 aliphatic rings. The summed E-state index contributed by atoms with van der Waals surface area (Å²) >= 11 is 0. The van der Waals surface area contributed by atoms with Gasteiger partial charge in [-0.15, -0.1) is 0 Å². The van der Waals surface area contributed by atoms with Crippen LogP contribution in [0.15, 0.2) is 60.8 Å². The van der Waals surface area contributed by atoms with Gasteiger partial charge in [-0.05, 0) is 18.1 Å². The first kappa shape index (κ1) is 21.3. The van der Waals surface area contributed by atoms with Crippen LogP contribution in [0, 0.1) is 0 Å². The van der Waals surface area contributed by atoms with Crippen molar-refractivity contribution < 1.29 is 9.59 Å². The molecule has 0 bridgehead atoms. The lowest BCUT2D eigenvalue weighted by Crippen LogP contribution is -2.51. The minimum atomic E-state index is -0.337. The van der Waals surface area contributed by atoms with Crippen LogP contribution >= 0.6 is 0 Å². The predicted octanol–water partition coefficient (Wildman–Crippen LogP) is 3.24. The van der Waals surface area contributed by atoms with Gasteiger partial charge in [0.15, 0.2) is 5.78 Å². The molecule has 0 saturated carbocycles. The molecule has 2 N–H and O–H groups in total. The number of amides is 1. The molecule has 1 atom stereocenters. The molecule has 1 amide bonds. The number of nitrogens with zero attached hydrogens (tertiary/aromatic N) is 2. The molecule has 2 heterocycles. The van der Waals surface area contributed by atoms with E-state index in [0.29, 0.717) is 13.1 Å². The van der Waals surface area contributed by atoms with E-state index in [1.54, 1.807) is 0 Å². The zero-order chi connectivity index (χ0) is 21.6. The Labute approximate surface area is 183 Å². The number of aromatic nitrogens is 1. The van der Waals surface area contributed by atoms with Crippen molar-refractivity contribution in [2.75, 3.05) is 39.3 Å². The number of hydrogen-bond acceptors (Lipinski definition) is 4. The third-order valence-electron chi connectivity index (χ3n) is 5.93. The lowest BCUT2D eigenvalue weighted by atomic mass is 9.95. The summed E-state index contributed by atoms with van der Waals surface area (Å²) in [4.78, 5) is 33.5. The number of benzene rings is 2. The van der Waals surface area contributed by atoms with Gasteiger partial charge in [0.25, 0.3) is 0 Å². The molecular weight excluding hydrogens is 388 g/mol. The van der Waals surface area contributed by atoms with Gasteiger partial charge in [0.05, 0.1) is 12.6 Å². The average molecular weight is 419 g/mol. The standard InChI is InChI=1S/C25H30N4O2/c1-2-12-26-23(30)18-28-13-15-29(16-14-28)24(19-8-4-3-5-9-19)25(31)21-17-27-22-11-7-6-10-20(21)22/h3-11,17,24,27H,2,12-16,18H2,1H3,(H,26,30)/t24-/m1/s1. The van der Waals surface area contributed by atoms with E-state index >= 15 is 0 Å². The number of hydrogen-bond donors (Lipinski definition) is 2. The number of carbonyl (C=O) groups excluding carboxylic acids is 2. The van der Waals surface area contributed by atoms with Crippen LogP contribution in [0.5, 0.6) is 0 Å². The van der Waals surface area contributed by atoms with Gasteiger partial charge in [-0.1, -0.05) is 55.5 Å². The van der Waals surface area contributed by atoms with Crippen molar-refractivity contribution in [1.82, 2.24) is 20.1 Å². The van der Waals surface area contributed by atoms with Crippen molar-refractivity contribution >= 4 is 22.6 Å². The Morgan fingerprint density at radius 2 is 1.71 bits per heavy atom. The lowest BCUT2D eigenvalue weighted by Gasteiger charge is -2.38. The van der Waals surface area contributed by atoms with E-state index in [2.05, 4.69) is 20.1 Å². The van der Waals surface area contributed by atoms with Crippen molar-refractivity contribution in [3.05, 3.63) is 71.9 Å². The van der Waals surface area contributed by atoms with Gasteiger partial charge >= 0.3 is 0 Å². The van der Waals surface area contributed by atoms with E-state index in [1.165, 1.54) is 0 Å². The van der Waals surface area contributed by atoms with Crippen molar-refractivity contribution in [2.24, 2.45) is 0 Å². The van der Waals surface area contributed by atoms with Gasteiger partial charge in [0.1, 0.15) is 0 Å². The molecule has 3 aromatic rings. The van der Waals surface area contributed by atoms with Crippen LogP contribution in [-0.4, -0.2) is 65.7 Å².